The first-order valence-corrected chi connectivity index (χ1v) is 6.69. The minimum absolute atomic E-state index is 0.0492. The molecule has 0 saturated carbocycles. The zero-order valence-electron chi connectivity index (χ0n) is 10.9. The van der Waals surface area contributed by atoms with E-state index >= 15 is 0 Å². The molecule has 0 aliphatic carbocycles. The Morgan fingerprint density at radius 3 is 2.67 bits per heavy atom. The summed E-state index contributed by atoms with van der Waals surface area (Å²) in [7, 11) is 0. The fourth-order valence-electron chi connectivity index (χ4n) is 2.38. The van der Waals surface area contributed by atoms with E-state index in [0.717, 1.165) is 37.4 Å². The highest BCUT2D eigenvalue weighted by Crippen LogP contribution is 2.20. The van der Waals surface area contributed by atoms with Crippen LogP contribution in [-0.2, 0) is 6.54 Å². The smallest absolute Gasteiger partial charge is 0.272 e. The summed E-state index contributed by atoms with van der Waals surface area (Å²) in [5, 5.41) is 0. The summed E-state index contributed by atoms with van der Waals surface area (Å²) in [6.07, 6.45) is 5.13. The molecule has 0 unspecified atom stereocenters. The van der Waals surface area contributed by atoms with Crippen LogP contribution >= 0.6 is 0 Å². The van der Waals surface area contributed by atoms with Crippen LogP contribution in [0.1, 0.15) is 42.2 Å². The molecule has 1 aromatic heterocycles. The van der Waals surface area contributed by atoms with Crippen LogP contribution in [0.2, 0.25) is 0 Å². The topological polar surface area (TPSA) is 59.2 Å². The minimum Gasteiger partial charge on any atom is -0.337 e. The molecule has 0 atom stereocenters. The highest BCUT2D eigenvalue weighted by molar-refractivity contribution is 5.92. The Balaban J connectivity index is 1.98. The van der Waals surface area contributed by atoms with E-state index in [1.165, 1.54) is 6.42 Å². The number of nitrogens with zero attached hydrogens (tertiary/aromatic N) is 2. The average Bonchev–Trinajstić information content (AvgIpc) is 2.47. The van der Waals surface area contributed by atoms with Crippen LogP contribution in [0.3, 0.4) is 0 Å². The van der Waals surface area contributed by atoms with Crippen molar-refractivity contribution in [3.8, 4) is 0 Å². The van der Waals surface area contributed by atoms with Gasteiger partial charge in [-0.15, -0.1) is 0 Å². The van der Waals surface area contributed by atoms with Crippen molar-refractivity contribution in [3.63, 3.8) is 0 Å². The number of aromatic nitrogens is 1. The number of hydrogen-bond donors (Lipinski definition) is 1. The molecule has 4 nitrogen and oxygen atoms in total. The van der Waals surface area contributed by atoms with Crippen LogP contribution in [0.25, 0.3) is 0 Å². The molecular weight excluding hydrogens is 226 g/mol. The van der Waals surface area contributed by atoms with Gasteiger partial charge in [-0.2, -0.15) is 0 Å². The normalized spacial score (nSPS) is 16.9. The summed E-state index contributed by atoms with van der Waals surface area (Å²) in [5.74, 6) is 0.828. The van der Waals surface area contributed by atoms with Gasteiger partial charge in [-0.1, -0.05) is 19.4 Å². The molecule has 1 aromatic rings. The molecule has 1 aliphatic heterocycles. The Morgan fingerprint density at radius 2 is 2.17 bits per heavy atom. The molecule has 1 aliphatic rings. The molecule has 2 heterocycles. The number of carbonyl (C=O) groups excluding carboxylic acids is 1. The van der Waals surface area contributed by atoms with Gasteiger partial charge in [0.1, 0.15) is 5.69 Å². The van der Waals surface area contributed by atoms with Crippen molar-refractivity contribution in [1.82, 2.24) is 9.88 Å². The Bertz CT molecular complexity index is 394. The molecule has 0 spiro atoms. The van der Waals surface area contributed by atoms with Gasteiger partial charge in [-0.05, 0) is 30.4 Å². The molecule has 98 valence electrons. The zero-order valence-corrected chi connectivity index (χ0v) is 10.9. The maximum atomic E-state index is 12.2. The second-order valence-electron chi connectivity index (χ2n) is 4.90. The predicted octanol–water partition coefficient (Wildman–Crippen LogP) is 1.80. The Hall–Kier alpha value is -1.42. The van der Waals surface area contributed by atoms with Crippen LogP contribution in [0.5, 0.6) is 0 Å². The van der Waals surface area contributed by atoms with Gasteiger partial charge in [-0.3, -0.25) is 9.78 Å². The Labute approximate surface area is 108 Å². The lowest BCUT2D eigenvalue weighted by Gasteiger charge is -2.31. The predicted molar refractivity (Wildman–Crippen MR) is 71.0 cm³/mol. The highest BCUT2D eigenvalue weighted by Gasteiger charge is 2.23. The van der Waals surface area contributed by atoms with Gasteiger partial charge in [0, 0.05) is 25.8 Å². The number of rotatable bonds is 3. The van der Waals surface area contributed by atoms with E-state index in [-0.39, 0.29) is 5.91 Å². The summed E-state index contributed by atoms with van der Waals surface area (Å²) in [4.78, 5) is 18.3. The lowest BCUT2D eigenvalue weighted by atomic mass is 9.94. The number of amides is 1. The molecule has 1 saturated heterocycles. The summed E-state index contributed by atoms with van der Waals surface area (Å²) >= 11 is 0. The standard InChI is InChI=1S/C14H21N3O/c1-2-11-5-7-17(8-6-11)14(18)13-4-3-12(9-15)10-16-13/h3-4,10-11H,2,5-9,15H2,1H3. The second-order valence-corrected chi connectivity index (χ2v) is 4.90. The lowest BCUT2D eigenvalue weighted by Crippen LogP contribution is -2.38. The first-order valence-electron chi connectivity index (χ1n) is 6.69. The van der Waals surface area contributed by atoms with Gasteiger partial charge >= 0.3 is 0 Å². The third-order valence-electron chi connectivity index (χ3n) is 3.76. The van der Waals surface area contributed by atoms with Crippen LogP contribution in [0.15, 0.2) is 18.3 Å². The van der Waals surface area contributed by atoms with Crippen molar-refractivity contribution >= 4 is 5.91 Å². The first-order chi connectivity index (χ1) is 8.74. The van der Waals surface area contributed by atoms with Crippen LogP contribution < -0.4 is 5.73 Å². The molecule has 18 heavy (non-hydrogen) atoms. The number of likely N-dealkylation sites (tertiary alicyclic amines) is 1. The van der Waals surface area contributed by atoms with Crippen LogP contribution in [0, 0.1) is 5.92 Å². The maximum Gasteiger partial charge on any atom is 0.272 e. The van der Waals surface area contributed by atoms with Crippen molar-refractivity contribution in [2.75, 3.05) is 13.1 Å². The molecule has 4 heteroatoms. The average molecular weight is 247 g/mol. The summed E-state index contributed by atoms with van der Waals surface area (Å²) in [6, 6.07) is 3.65. The fraction of sp³-hybridized carbons (Fsp3) is 0.571. The summed E-state index contributed by atoms with van der Waals surface area (Å²) in [6.45, 7) is 4.40. The second kappa shape index (κ2) is 5.96. The van der Waals surface area contributed by atoms with Crippen LogP contribution in [0.4, 0.5) is 0 Å². The lowest BCUT2D eigenvalue weighted by molar-refractivity contribution is 0.0683. The number of pyridine rings is 1. The highest BCUT2D eigenvalue weighted by atomic mass is 16.2. The fourth-order valence-corrected chi connectivity index (χ4v) is 2.38. The Kier molecular flexibility index (Phi) is 4.31. The largest absolute Gasteiger partial charge is 0.337 e. The molecular formula is C14H21N3O. The van der Waals surface area contributed by atoms with E-state index in [0.29, 0.717) is 12.2 Å². The molecule has 0 aromatic carbocycles. The van der Waals surface area contributed by atoms with Crippen molar-refractivity contribution in [3.05, 3.63) is 29.6 Å². The molecule has 2 rings (SSSR count). The van der Waals surface area contributed by atoms with E-state index < -0.39 is 0 Å². The van der Waals surface area contributed by atoms with Gasteiger partial charge in [0.2, 0.25) is 0 Å². The van der Waals surface area contributed by atoms with Gasteiger partial charge in [0.25, 0.3) is 5.91 Å². The van der Waals surface area contributed by atoms with E-state index in [1.807, 2.05) is 11.0 Å². The summed E-state index contributed by atoms with van der Waals surface area (Å²) in [5.41, 5.74) is 7.00. The van der Waals surface area contributed by atoms with Crippen molar-refractivity contribution < 1.29 is 4.79 Å². The number of nitrogens with two attached hydrogens (primary N) is 1. The number of piperidine rings is 1. The van der Waals surface area contributed by atoms with Crippen molar-refractivity contribution in [1.29, 1.82) is 0 Å². The van der Waals surface area contributed by atoms with Crippen LogP contribution in [-0.4, -0.2) is 28.9 Å². The molecule has 0 radical (unpaired) electrons. The molecule has 2 N–H and O–H groups in total. The van der Waals surface area contributed by atoms with E-state index in [2.05, 4.69) is 11.9 Å². The van der Waals surface area contributed by atoms with Gasteiger partial charge < -0.3 is 10.6 Å². The van der Waals surface area contributed by atoms with Gasteiger partial charge in [-0.25, -0.2) is 0 Å². The van der Waals surface area contributed by atoms with E-state index in [4.69, 9.17) is 5.73 Å². The molecule has 1 fully saturated rings. The van der Waals surface area contributed by atoms with E-state index in [1.54, 1.807) is 12.3 Å². The third-order valence-corrected chi connectivity index (χ3v) is 3.76. The zero-order chi connectivity index (χ0) is 13.0. The quantitative estimate of drug-likeness (QED) is 0.886. The first kappa shape index (κ1) is 13.0. The SMILES string of the molecule is CCC1CCN(C(=O)c2ccc(CN)cn2)CC1. The maximum absolute atomic E-state index is 12.2. The monoisotopic (exact) mass is 247 g/mol. The molecule has 1 amide bonds. The number of hydrogen-bond acceptors (Lipinski definition) is 3. The van der Waals surface area contributed by atoms with Gasteiger partial charge in [0.15, 0.2) is 0 Å². The Morgan fingerprint density at radius 1 is 1.44 bits per heavy atom. The van der Waals surface area contributed by atoms with Crippen molar-refractivity contribution in [2.24, 2.45) is 11.7 Å². The van der Waals surface area contributed by atoms with E-state index in [9.17, 15) is 4.79 Å². The summed E-state index contributed by atoms with van der Waals surface area (Å²) < 4.78 is 0. The minimum atomic E-state index is 0.0492. The van der Waals surface area contributed by atoms with Crippen molar-refractivity contribution in [2.45, 2.75) is 32.7 Å². The molecule has 0 bridgehead atoms. The third kappa shape index (κ3) is 2.88. The number of carbonyl (C=O) groups is 1. The van der Waals surface area contributed by atoms with Gasteiger partial charge in [0.05, 0.1) is 0 Å².